The lowest BCUT2D eigenvalue weighted by atomic mass is 10.00. The fourth-order valence-electron chi connectivity index (χ4n) is 1.90. The van der Waals surface area contributed by atoms with E-state index in [0.717, 1.165) is 16.7 Å². The first-order chi connectivity index (χ1) is 8.79. The summed E-state index contributed by atoms with van der Waals surface area (Å²) in [6.07, 6.45) is 0. The van der Waals surface area contributed by atoms with Crippen LogP contribution in [0.3, 0.4) is 0 Å². The first-order valence-electron chi connectivity index (χ1n) is 5.50. The number of anilines is 2. The molecule has 0 amide bonds. The van der Waals surface area contributed by atoms with E-state index in [1.54, 1.807) is 18.2 Å². The normalized spacial score (nSPS) is 10.9. The molecule has 0 aliphatic rings. The van der Waals surface area contributed by atoms with Crippen molar-refractivity contribution >= 4 is 43.5 Å². The summed E-state index contributed by atoms with van der Waals surface area (Å²) in [5.74, 6) is 0. The van der Waals surface area contributed by atoms with Crippen molar-refractivity contribution in [3.63, 3.8) is 0 Å². The lowest BCUT2D eigenvalue weighted by Crippen LogP contribution is -2.00. The molecule has 0 aliphatic heterocycles. The van der Waals surface area contributed by atoms with Gasteiger partial charge in [0.1, 0.15) is 4.90 Å². The Morgan fingerprint density at radius 1 is 1.05 bits per heavy atom. The number of hydrogen-bond acceptors (Lipinski definition) is 4. The minimum Gasteiger partial charge on any atom is -0.399 e. The molecule has 0 bridgehead atoms. The third-order valence-electron chi connectivity index (χ3n) is 2.84. The topological polar surface area (TPSA) is 86.2 Å². The molecular weight excluding hydrogens is 319 g/mol. The molecular formula is C13H14Cl2N2O2S. The second-order valence-electron chi connectivity index (χ2n) is 4.26. The number of benzene rings is 2. The Morgan fingerprint density at radius 3 is 2.10 bits per heavy atom. The Morgan fingerprint density at radius 2 is 1.60 bits per heavy atom. The minimum atomic E-state index is -3.87. The molecule has 0 aromatic heterocycles. The number of hydrogen-bond donors (Lipinski definition) is 2. The highest BCUT2D eigenvalue weighted by Gasteiger charge is 2.17. The highest BCUT2D eigenvalue weighted by atomic mass is 35.7. The average molecular weight is 333 g/mol. The van der Waals surface area contributed by atoms with E-state index in [2.05, 4.69) is 0 Å². The molecule has 0 atom stereocenters. The molecule has 2 aromatic carbocycles. The van der Waals surface area contributed by atoms with Crippen molar-refractivity contribution in [1.29, 1.82) is 0 Å². The fraction of sp³-hybridized carbons (Fsp3) is 0.0769. The van der Waals surface area contributed by atoms with Gasteiger partial charge in [-0.2, -0.15) is 0 Å². The van der Waals surface area contributed by atoms with Gasteiger partial charge in [-0.15, -0.1) is 12.4 Å². The lowest BCUT2D eigenvalue weighted by Gasteiger charge is -2.10. The van der Waals surface area contributed by atoms with E-state index in [1.807, 2.05) is 19.1 Å². The van der Waals surface area contributed by atoms with E-state index in [4.69, 9.17) is 22.1 Å². The molecule has 108 valence electrons. The number of aryl methyl sites for hydroxylation is 1. The predicted molar refractivity (Wildman–Crippen MR) is 85.7 cm³/mol. The Kier molecular flexibility index (Phi) is 4.91. The second-order valence-corrected chi connectivity index (χ2v) is 6.80. The van der Waals surface area contributed by atoms with Crippen LogP contribution in [0.1, 0.15) is 5.56 Å². The maximum absolute atomic E-state index is 11.5. The van der Waals surface area contributed by atoms with Crippen LogP contribution in [0.25, 0.3) is 11.1 Å². The molecule has 0 aliphatic carbocycles. The highest BCUT2D eigenvalue weighted by molar-refractivity contribution is 8.13. The molecule has 0 heterocycles. The molecule has 20 heavy (non-hydrogen) atoms. The van der Waals surface area contributed by atoms with Crippen molar-refractivity contribution in [2.24, 2.45) is 0 Å². The summed E-state index contributed by atoms with van der Waals surface area (Å²) in [6, 6.07) is 10.2. The van der Waals surface area contributed by atoms with Crippen LogP contribution >= 0.6 is 23.1 Å². The molecule has 2 rings (SSSR count). The van der Waals surface area contributed by atoms with Gasteiger partial charge < -0.3 is 11.5 Å². The largest absolute Gasteiger partial charge is 0.399 e. The van der Waals surface area contributed by atoms with Crippen molar-refractivity contribution in [1.82, 2.24) is 0 Å². The van der Waals surface area contributed by atoms with Gasteiger partial charge in [-0.25, -0.2) is 8.42 Å². The molecule has 0 spiro atoms. The molecule has 2 aromatic rings. The molecule has 7 heteroatoms. The first kappa shape index (κ1) is 16.6. The van der Waals surface area contributed by atoms with Crippen LogP contribution in [0.4, 0.5) is 11.4 Å². The van der Waals surface area contributed by atoms with Crippen LogP contribution in [0.2, 0.25) is 0 Å². The van der Waals surface area contributed by atoms with Crippen LogP contribution in [-0.2, 0) is 9.05 Å². The summed E-state index contributed by atoms with van der Waals surface area (Å²) < 4.78 is 22.9. The zero-order valence-corrected chi connectivity index (χ0v) is 13.0. The van der Waals surface area contributed by atoms with Crippen LogP contribution in [-0.4, -0.2) is 8.42 Å². The Labute approximate surface area is 128 Å². The summed E-state index contributed by atoms with van der Waals surface area (Å²) in [5, 5.41) is 0. The molecule has 4 N–H and O–H groups in total. The van der Waals surface area contributed by atoms with Gasteiger partial charge >= 0.3 is 0 Å². The number of rotatable bonds is 2. The van der Waals surface area contributed by atoms with Crippen LogP contribution < -0.4 is 11.5 Å². The minimum absolute atomic E-state index is 0. The van der Waals surface area contributed by atoms with E-state index in [-0.39, 0.29) is 23.0 Å². The van der Waals surface area contributed by atoms with Gasteiger partial charge in [-0.1, -0.05) is 12.1 Å². The molecule has 0 saturated heterocycles. The van der Waals surface area contributed by atoms with E-state index in [9.17, 15) is 8.42 Å². The second kappa shape index (κ2) is 5.91. The van der Waals surface area contributed by atoms with E-state index in [0.29, 0.717) is 5.69 Å². The van der Waals surface area contributed by atoms with Gasteiger partial charge in [-0.3, -0.25) is 0 Å². The Hall–Kier alpha value is -1.43. The van der Waals surface area contributed by atoms with Crippen LogP contribution in [0.5, 0.6) is 0 Å². The number of nitrogens with two attached hydrogens (primary N) is 2. The van der Waals surface area contributed by atoms with Crippen molar-refractivity contribution in [2.75, 3.05) is 11.5 Å². The zero-order valence-electron chi connectivity index (χ0n) is 10.6. The molecule has 0 unspecified atom stereocenters. The maximum Gasteiger partial charge on any atom is 0.263 e. The zero-order chi connectivity index (χ0) is 14.2. The van der Waals surface area contributed by atoms with Crippen LogP contribution in [0, 0.1) is 6.92 Å². The van der Waals surface area contributed by atoms with Crippen molar-refractivity contribution in [3.8, 4) is 11.1 Å². The average Bonchev–Trinajstić information content (AvgIpc) is 2.29. The Balaban J connectivity index is 0.00000200. The maximum atomic E-state index is 11.5. The summed E-state index contributed by atoms with van der Waals surface area (Å²) in [4.78, 5) is -0.0772. The molecule has 4 nitrogen and oxygen atoms in total. The van der Waals surface area contributed by atoms with Gasteiger partial charge in [0.15, 0.2) is 0 Å². The van der Waals surface area contributed by atoms with Gasteiger partial charge in [0.25, 0.3) is 9.05 Å². The molecule has 0 radical (unpaired) electrons. The van der Waals surface area contributed by atoms with E-state index >= 15 is 0 Å². The monoisotopic (exact) mass is 332 g/mol. The van der Waals surface area contributed by atoms with E-state index in [1.165, 1.54) is 6.07 Å². The van der Waals surface area contributed by atoms with Gasteiger partial charge in [0, 0.05) is 16.4 Å². The number of nitrogen functional groups attached to an aromatic ring is 2. The number of halogens is 2. The molecule has 0 fully saturated rings. The smallest absolute Gasteiger partial charge is 0.263 e. The third-order valence-corrected chi connectivity index (χ3v) is 4.22. The fourth-order valence-corrected chi connectivity index (χ4v) is 2.90. The SMILES string of the molecule is Cc1cc(N)c(S(=O)(=O)Cl)cc1-c1ccc(N)cc1.Cl. The Bertz CT molecular complexity index is 729. The summed E-state index contributed by atoms with van der Waals surface area (Å²) in [6.45, 7) is 1.85. The summed E-state index contributed by atoms with van der Waals surface area (Å²) >= 11 is 0. The van der Waals surface area contributed by atoms with Crippen molar-refractivity contribution in [3.05, 3.63) is 42.0 Å². The van der Waals surface area contributed by atoms with E-state index < -0.39 is 9.05 Å². The lowest BCUT2D eigenvalue weighted by molar-refractivity contribution is 0.610. The predicted octanol–water partition coefficient (Wildman–Crippen LogP) is 3.18. The quantitative estimate of drug-likeness (QED) is 0.653. The van der Waals surface area contributed by atoms with Crippen molar-refractivity contribution in [2.45, 2.75) is 11.8 Å². The first-order valence-corrected chi connectivity index (χ1v) is 7.80. The summed E-state index contributed by atoms with van der Waals surface area (Å²) in [7, 11) is 1.51. The van der Waals surface area contributed by atoms with Gasteiger partial charge in [0.2, 0.25) is 0 Å². The van der Waals surface area contributed by atoms with Gasteiger partial charge in [0.05, 0.1) is 5.69 Å². The highest BCUT2D eigenvalue weighted by Crippen LogP contribution is 2.32. The molecule has 0 saturated carbocycles. The van der Waals surface area contributed by atoms with Gasteiger partial charge in [-0.05, 0) is 47.9 Å². The van der Waals surface area contributed by atoms with Crippen LogP contribution in [0.15, 0.2) is 41.3 Å². The summed E-state index contributed by atoms with van der Waals surface area (Å²) in [5.41, 5.74) is 14.6. The third kappa shape index (κ3) is 3.36. The van der Waals surface area contributed by atoms with Crippen molar-refractivity contribution < 1.29 is 8.42 Å². The standard InChI is InChI=1S/C13H13ClN2O2S.ClH/c1-8-6-12(16)13(19(14,17)18)7-11(8)9-2-4-10(15)5-3-9;/h2-7H,15-16H2,1H3;1H.